The van der Waals surface area contributed by atoms with Gasteiger partial charge in [0.15, 0.2) is 0 Å². The Morgan fingerprint density at radius 2 is 2.11 bits per heavy atom. The predicted molar refractivity (Wildman–Crippen MR) is 72.2 cm³/mol. The number of nitrogens with zero attached hydrogens (tertiary/aromatic N) is 2. The Bertz CT molecular complexity index is 466. The van der Waals surface area contributed by atoms with E-state index in [2.05, 4.69) is 13.8 Å². The Kier molecular flexibility index (Phi) is 4.95. The molecule has 0 fully saturated rings. The van der Waals surface area contributed by atoms with Crippen molar-refractivity contribution in [2.24, 2.45) is 5.92 Å². The van der Waals surface area contributed by atoms with Crippen LogP contribution in [-0.4, -0.2) is 29.0 Å². The topological polar surface area (TPSA) is 68.3 Å². The van der Waals surface area contributed by atoms with Crippen molar-refractivity contribution in [3.05, 3.63) is 28.7 Å². The molecule has 1 rings (SSSR count). The summed E-state index contributed by atoms with van der Waals surface area (Å²) in [7, 11) is 1.75. The van der Waals surface area contributed by atoms with Crippen molar-refractivity contribution >= 4 is 11.6 Å². The summed E-state index contributed by atoms with van der Waals surface area (Å²) in [6.07, 6.45) is 2.45. The van der Waals surface area contributed by atoms with Gasteiger partial charge in [0.2, 0.25) is 5.91 Å². The van der Waals surface area contributed by atoms with Crippen LogP contribution in [0.3, 0.4) is 0 Å². The standard InChI is InChI=1S/C13H21N3O2/c1-10(2)6-7-15(3)13(18)9-16-8-11(14)4-5-12(16)17/h4-5,8,10H,6-7,9,14H2,1-3H3. The third kappa shape index (κ3) is 4.24. The summed E-state index contributed by atoms with van der Waals surface area (Å²) < 4.78 is 1.34. The van der Waals surface area contributed by atoms with E-state index >= 15 is 0 Å². The van der Waals surface area contributed by atoms with Crippen molar-refractivity contribution in [2.75, 3.05) is 19.3 Å². The van der Waals surface area contributed by atoms with Crippen molar-refractivity contribution < 1.29 is 4.79 Å². The molecule has 18 heavy (non-hydrogen) atoms. The maximum Gasteiger partial charge on any atom is 0.251 e. The molecule has 2 N–H and O–H groups in total. The Hall–Kier alpha value is -1.78. The van der Waals surface area contributed by atoms with Gasteiger partial charge in [0.1, 0.15) is 6.54 Å². The van der Waals surface area contributed by atoms with Crippen molar-refractivity contribution in [1.82, 2.24) is 9.47 Å². The molecule has 5 nitrogen and oxygen atoms in total. The molecule has 0 unspecified atom stereocenters. The monoisotopic (exact) mass is 251 g/mol. The molecular weight excluding hydrogens is 230 g/mol. The van der Waals surface area contributed by atoms with Crippen LogP contribution in [0.5, 0.6) is 0 Å². The molecule has 1 aromatic rings. The van der Waals surface area contributed by atoms with E-state index in [0.717, 1.165) is 6.42 Å². The quantitative estimate of drug-likeness (QED) is 0.846. The highest BCUT2D eigenvalue weighted by Crippen LogP contribution is 2.02. The summed E-state index contributed by atoms with van der Waals surface area (Å²) in [5.74, 6) is 0.471. The van der Waals surface area contributed by atoms with Gasteiger partial charge in [-0.15, -0.1) is 0 Å². The summed E-state index contributed by atoms with van der Waals surface area (Å²) in [4.78, 5) is 25.1. The van der Waals surface area contributed by atoms with Gasteiger partial charge in [0.25, 0.3) is 5.56 Å². The number of hydrogen-bond donors (Lipinski definition) is 1. The summed E-state index contributed by atoms with van der Waals surface area (Å²) in [6.45, 7) is 4.97. The number of carbonyl (C=O) groups excluding carboxylic acids is 1. The van der Waals surface area contributed by atoms with Gasteiger partial charge < -0.3 is 15.2 Å². The first-order valence-corrected chi connectivity index (χ1v) is 6.10. The Labute approximate surface area is 107 Å². The van der Waals surface area contributed by atoms with Crippen LogP contribution < -0.4 is 11.3 Å². The Morgan fingerprint density at radius 3 is 2.72 bits per heavy atom. The zero-order valence-corrected chi connectivity index (χ0v) is 11.2. The molecule has 1 aromatic heterocycles. The number of rotatable bonds is 5. The highest BCUT2D eigenvalue weighted by atomic mass is 16.2. The molecule has 0 saturated heterocycles. The minimum Gasteiger partial charge on any atom is -0.398 e. The number of pyridine rings is 1. The largest absolute Gasteiger partial charge is 0.398 e. The van der Waals surface area contributed by atoms with E-state index in [1.54, 1.807) is 11.9 Å². The number of anilines is 1. The minimum atomic E-state index is -0.213. The first kappa shape index (κ1) is 14.3. The lowest BCUT2D eigenvalue weighted by atomic mass is 10.1. The highest BCUT2D eigenvalue weighted by Gasteiger charge is 2.10. The summed E-state index contributed by atoms with van der Waals surface area (Å²) in [6, 6.07) is 2.91. The lowest BCUT2D eigenvalue weighted by molar-refractivity contribution is -0.130. The maximum absolute atomic E-state index is 11.9. The van der Waals surface area contributed by atoms with Gasteiger partial charge in [-0.25, -0.2) is 0 Å². The number of nitrogens with two attached hydrogens (primary N) is 1. The van der Waals surface area contributed by atoms with E-state index in [1.807, 2.05) is 0 Å². The number of nitrogen functional groups attached to an aromatic ring is 1. The molecule has 5 heteroatoms. The lowest BCUT2D eigenvalue weighted by Crippen LogP contribution is -2.34. The van der Waals surface area contributed by atoms with Crippen LogP contribution in [-0.2, 0) is 11.3 Å². The Balaban J connectivity index is 2.64. The second-order valence-corrected chi connectivity index (χ2v) is 4.93. The molecule has 0 bridgehead atoms. The van der Waals surface area contributed by atoms with E-state index in [4.69, 9.17) is 5.73 Å². The molecule has 1 amide bonds. The van der Waals surface area contributed by atoms with Crippen LogP contribution in [0.2, 0.25) is 0 Å². The van der Waals surface area contributed by atoms with E-state index in [1.165, 1.54) is 22.9 Å². The second kappa shape index (κ2) is 6.23. The number of aromatic nitrogens is 1. The van der Waals surface area contributed by atoms with Crippen LogP contribution in [0.15, 0.2) is 23.1 Å². The van der Waals surface area contributed by atoms with Crippen molar-refractivity contribution in [1.29, 1.82) is 0 Å². The van der Waals surface area contributed by atoms with E-state index in [9.17, 15) is 9.59 Å². The average Bonchev–Trinajstić information content (AvgIpc) is 2.30. The fraction of sp³-hybridized carbons (Fsp3) is 0.538. The molecular formula is C13H21N3O2. The highest BCUT2D eigenvalue weighted by molar-refractivity contribution is 5.75. The van der Waals surface area contributed by atoms with E-state index in [0.29, 0.717) is 18.2 Å². The molecule has 0 radical (unpaired) electrons. The second-order valence-electron chi connectivity index (χ2n) is 4.93. The molecule has 100 valence electrons. The van der Waals surface area contributed by atoms with Crippen LogP contribution in [0.25, 0.3) is 0 Å². The first-order valence-electron chi connectivity index (χ1n) is 6.10. The van der Waals surface area contributed by atoms with Crippen LogP contribution in [0.4, 0.5) is 5.69 Å². The zero-order valence-electron chi connectivity index (χ0n) is 11.2. The van der Waals surface area contributed by atoms with Crippen LogP contribution in [0.1, 0.15) is 20.3 Å². The van der Waals surface area contributed by atoms with Crippen LogP contribution >= 0.6 is 0 Å². The van der Waals surface area contributed by atoms with Gasteiger partial charge in [-0.05, 0) is 18.4 Å². The Morgan fingerprint density at radius 1 is 1.44 bits per heavy atom. The zero-order chi connectivity index (χ0) is 13.7. The summed E-state index contributed by atoms with van der Waals surface area (Å²) in [5, 5.41) is 0. The smallest absolute Gasteiger partial charge is 0.251 e. The average molecular weight is 251 g/mol. The molecule has 0 saturated carbocycles. The van der Waals surface area contributed by atoms with Crippen molar-refractivity contribution in [3.8, 4) is 0 Å². The summed E-state index contributed by atoms with van der Waals surface area (Å²) >= 11 is 0. The first-order chi connectivity index (χ1) is 8.40. The molecule has 1 heterocycles. The number of amides is 1. The lowest BCUT2D eigenvalue weighted by Gasteiger charge is -2.18. The molecule has 0 spiro atoms. The van der Waals surface area contributed by atoms with Gasteiger partial charge in [0.05, 0.1) is 0 Å². The summed E-state index contributed by atoms with van der Waals surface area (Å²) in [5.41, 5.74) is 5.86. The molecule has 0 atom stereocenters. The van der Waals surface area contributed by atoms with Gasteiger partial charge >= 0.3 is 0 Å². The van der Waals surface area contributed by atoms with E-state index in [-0.39, 0.29) is 18.0 Å². The fourth-order valence-corrected chi connectivity index (χ4v) is 1.52. The predicted octanol–water partition coefficient (Wildman–Crippen LogP) is 0.935. The fourth-order valence-electron chi connectivity index (χ4n) is 1.52. The van der Waals surface area contributed by atoms with Crippen LogP contribution in [0, 0.1) is 5.92 Å². The maximum atomic E-state index is 11.9. The van der Waals surface area contributed by atoms with E-state index < -0.39 is 0 Å². The molecule has 0 aliphatic heterocycles. The number of carbonyl (C=O) groups is 1. The third-order valence-corrected chi connectivity index (χ3v) is 2.78. The van der Waals surface area contributed by atoms with Crippen molar-refractivity contribution in [3.63, 3.8) is 0 Å². The van der Waals surface area contributed by atoms with Gasteiger partial charge in [0, 0.05) is 31.5 Å². The number of likely N-dealkylation sites (N-methyl/N-ethyl adjacent to an activating group) is 1. The number of hydrogen-bond acceptors (Lipinski definition) is 3. The SMILES string of the molecule is CC(C)CCN(C)C(=O)Cn1cc(N)ccc1=O. The third-order valence-electron chi connectivity index (χ3n) is 2.78. The molecule has 0 aromatic carbocycles. The van der Waals surface area contributed by atoms with Gasteiger partial charge in [-0.2, -0.15) is 0 Å². The molecule has 0 aliphatic rings. The van der Waals surface area contributed by atoms with Gasteiger partial charge in [-0.3, -0.25) is 9.59 Å². The molecule has 0 aliphatic carbocycles. The normalized spacial score (nSPS) is 10.7. The van der Waals surface area contributed by atoms with Crippen molar-refractivity contribution in [2.45, 2.75) is 26.8 Å². The van der Waals surface area contributed by atoms with Gasteiger partial charge in [-0.1, -0.05) is 13.8 Å². The minimum absolute atomic E-state index is 0.0401.